The van der Waals surface area contributed by atoms with Crippen LogP contribution in [0.2, 0.25) is 0 Å². The number of aromatic nitrogens is 1. The van der Waals surface area contributed by atoms with Crippen molar-refractivity contribution in [2.75, 3.05) is 25.5 Å². The van der Waals surface area contributed by atoms with Crippen LogP contribution >= 0.6 is 0 Å². The van der Waals surface area contributed by atoms with Gasteiger partial charge in [0.25, 0.3) is 0 Å². The van der Waals surface area contributed by atoms with Crippen LogP contribution < -0.4 is 10.1 Å². The molecule has 3 aromatic rings. The molecule has 1 N–H and O–H groups in total. The monoisotopic (exact) mass is 471 g/mol. The number of carbonyl (C=O) groups is 1. The van der Waals surface area contributed by atoms with Crippen LogP contribution in [0.25, 0.3) is 10.9 Å². The average Bonchev–Trinajstić information content (AvgIpc) is 2.86. The molecular formula is C29H33N3O3. The summed E-state index contributed by atoms with van der Waals surface area (Å²) < 4.78 is 11.8. The first-order valence-corrected chi connectivity index (χ1v) is 12.3. The molecule has 35 heavy (non-hydrogen) atoms. The lowest BCUT2D eigenvalue weighted by Gasteiger charge is -2.51. The number of fused-ring (bicyclic) bond motifs is 4. The van der Waals surface area contributed by atoms with Gasteiger partial charge in [-0.25, -0.2) is 4.79 Å². The Bertz CT molecular complexity index is 1240. The molecule has 182 valence electrons. The molecule has 3 saturated heterocycles. The summed E-state index contributed by atoms with van der Waals surface area (Å²) in [6.07, 6.45) is 5.11. The van der Waals surface area contributed by atoms with E-state index in [0.29, 0.717) is 11.8 Å². The van der Waals surface area contributed by atoms with Crippen molar-refractivity contribution in [2.45, 2.75) is 38.8 Å². The molecule has 0 spiro atoms. The van der Waals surface area contributed by atoms with Crippen molar-refractivity contribution in [3.05, 3.63) is 78.0 Å². The highest BCUT2D eigenvalue weighted by Gasteiger charge is 2.44. The SMILES string of the molecule is C=C[C@H]1CN2CC[C@H]1C[C@H]2[C@H](OC(=O)Nc1cc(C)cc(C)c1)c1ccnc2ccc(OC)cc12. The van der Waals surface area contributed by atoms with E-state index in [1.165, 1.54) is 0 Å². The molecule has 6 nitrogen and oxygen atoms in total. The number of rotatable bonds is 6. The fraction of sp³-hybridized carbons (Fsp3) is 0.379. The maximum atomic E-state index is 13.2. The largest absolute Gasteiger partial charge is 0.497 e. The lowest BCUT2D eigenvalue weighted by Crippen LogP contribution is -2.55. The first kappa shape index (κ1) is 23.4. The Morgan fingerprint density at radius 1 is 1.20 bits per heavy atom. The molecule has 2 bridgehead atoms. The Morgan fingerprint density at radius 2 is 2.00 bits per heavy atom. The van der Waals surface area contributed by atoms with E-state index in [1.54, 1.807) is 13.3 Å². The molecular weight excluding hydrogens is 438 g/mol. The van der Waals surface area contributed by atoms with Crippen molar-refractivity contribution < 1.29 is 14.3 Å². The van der Waals surface area contributed by atoms with Crippen molar-refractivity contribution in [1.82, 2.24) is 9.88 Å². The number of anilines is 1. The molecule has 1 unspecified atom stereocenters. The van der Waals surface area contributed by atoms with Crippen LogP contribution in [-0.2, 0) is 4.74 Å². The molecule has 0 aliphatic carbocycles. The molecule has 0 radical (unpaired) electrons. The maximum Gasteiger partial charge on any atom is 0.412 e. The van der Waals surface area contributed by atoms with E-state index >= 15 is 0 Å². The number of aryl methyl sites for hydroxylation is 2. The number of ether oxygens (including phenoxy) is 2. The molecule has 1 aromatic heterocycles. The predicted molar refractivity (Wildman–Crippen MR) is 139 cm³/mol. The number of amides is 1. The number of nitrogens with zero attached hydrogens (tertiary/aromatic N) is 2. The predicted octanol–water partition coefficient (Wildman–Crippen LogP) is 6.05. The summed E-state index contributed by atoms with van der Waals surface area (Å²) in [5, 5.41) is 3.90. The van der Waals surface area contributed by atoms with Gasteiger partial charge in [-0.15, -0.1) is 6.58 Å². The number of hydrogen-bond donors (Lipinski definition) is 1. The Balaban J connectivity index is 1.51. The molecule has 1 amide bonds. The van der Waals surface area contributed by atoms with E-state index in [0.717, 1.165) is 65.0 Å². The first-order valence-electron chi connectivity index (χ1n) is 12.3. The maximum absolute atomic E-state index is 13.2. The van der Waals surface area contributed by atoms with Crippen LogP contribution in [0, 0.1) is 25.7 Å². The topological polar surface area (TPSA) is 63.7 Å². The molecule has 6 heteroatoms. The van der Waals surface area contributed by atoms with Crippen molar-refractivity contribution >= 4 is 22.7 Å². The molecule has 3 aliphatic heterocycles. The zero-order chi connectivity index (χ0) is 24.5. The van der Waals surface area contributed by atoms with Crippen molar-refractivity contribution in [2.24, 2.45) is 11.8 Å². The third-order valence-electron chi connectivity index (χ3n) is 7.49. The van der Waals surface area contributed by atoms with Gasteiger partial charge < -0.3 is 9.47 Å². The summed E-state index contributed by atoms with van der Waals surface area (Å²) in [6.45, 7) is 10.0. The summed E-state index contributed by atoms with van der Waals surface area (Å²) in [7, 11) is 1.66. The van der Waals surface area contributed by atoms with Gasteiger partial charge in [0.2, 0.25) is 0 Å². The van der Waals surface area contributed by atoms with Gasteiger partial charge in [0.05, 0.1) is 18.7 Å². The van der Waals surface area contributed by atoms with E-state index < -0.39 is 12.2 Å². The third-order valence-corrected chi connectivity index (χ3v) is 7.49. The fourth-order valence-electron chi connectivity index (χ4n) is 5.87. The van der Waals surface area contributed by atoms with Gasteiger partial charge in [0.1, 0.15) is 11.9 Å². The molecule has 4 heterocycles. The van der Waals surface area contributed by atoms with E-state index in [2.05, 4.69) is 33.9 Å². The van der Waals surface area contributed by atoms with Crippen LogP contribution in [0.4, 0.5) is 10.5 Å². The van der Waals surface area contributed by atoms with Gasteiger partial charge in [-0.1, -0.05) is 12.1 Å². The normalized spacial score (nSPS) is 24.1. The molecule has 5 atom stereocenters. The van der Waals surface area contributed by atoms with Gasteiger partial charge in [-0.3, -0.25) is 15.2 Å². The molecule has 2 aromatic carbocycles. The highest BCUT2D eigenvalue weighted by molar-refractivity contribution is 5.87. The number of methoxy groups -OCH3 is 1. The lowest BCUT2D eigenvalue weighted by atomic mass is 9.73. The van der Waals surface area contributed by atoms with Crippen LogP contribution in [0.5, 0.6) is 5.75 Å². The second kappa shape index (κ2) is 9.70. The summed E-state index contributed by atoms with van der Waals surface area (Å²) in [5.74, 6) is 1.79. The smallest absolute Gasteiger partial charge is 0.412 e. The molecule has 0 saturated carbocycles. The van der Waals surface area contributed by atoms with Crippen LogP contribution in [0.15, 0.2) is 61.3 Å². The second-order valence-corrected chi connectivity index (χ2v) is 9.86. The summed E-state index contributed by atoms with van der Waals surface area (Å²) in [5.41, 5.74) is 4.74. The Morgan fingerprint density at radius 3 is 2.69 bits per heavy atom. The number of benzene rings is 2. The van der Waals surface area contributed by atoms with Gasteiger partial charge in [-0.05, 0) is 92.6 Å². The summed E-state index contributed by atoms with van der Waals surface area (Å²) >= 11 is 0. The highest BCUT2D eigenvalue weighted by Crippen LogP contribution is 2.43. The highest BCUT2D eigenvalue weighted by atomic mass is 16.6. The lowest BCUT2D eigenvalue weighted by molar-refractivity contribution is -0.0473. The van der Waals surface area contributed by atoms with E-state index in [-0.39, 0.29) is 6.04 Å². The quantitative estimate of drug-likeness (QED) is 0.444. The van der Waals surface area contributed by atoms with Crippen molar-refractivity contribution in [1.29, 1.82) is 0 Å². The van der Waals surface area contributed by atoms with Crippen LogP contribution in [-0.4, -0.2) is 42.2 Å². The number of piperidine rings is 3. The molecule has 6 rings (SSSR count). The molecule has 3 aliphatic rings. The number of hydrogen-bond acceptors (Lipinski definition) is 5. The second-order valence-electron chi connectivity index (χ2n) is 9.86. The van der Waals surface area contributed by atoms with E-state index in [9.17, 15) is 4.79 Å². The first-order chi connectivity index (χ1) is 16.9. The van der Waals surface area contributed by atoms with Gasteiger partial charge >= 0.3 is 6.09 Å². The average molecular weight is 472 g/mol. The van der Waals surface area contributed by atoms with Gasteiger partial charge in [-0.2, -0.15) is 0 Å². The van der Waals surface area contributed by atoms with E-state index in [4.69, 9.17) is 9.47 Å². The van der Waals surface area contributed by atoms with Crippen LogP contribution in [0.1, 0.15) is 35.6 Å². The van der Waals surface area contributed by atoms with Crippen molar-refractivity contribution in [3.63, 3.8) is 0 Å². The number of carbonyl (C=O) groups excluding carboxylic acids is 1. The van der Waals surface area contributed by atoms with Crippen LogP contribution in [0.3, 0.4) is 0 Å². The standard InChI is InChI=1S/C29H33N3O3/c1-5-20-17-32-11-9-21(20)15-27(32)28(35-29(33)31-22-13-18(2)12-19(3)14-22)24-8-10-30-26-7-6-23(34-4)16-25(24)26/h5-8,10,12-14,16,20-21,27-28H,1,9,11,15,17H2,2-4H3,(H,31,33)/t20-,21-,27-,28+/m0/s1. The number of nitrogens with one attached hydrogen (secondary N) is 1. The minimum absolute atomic E-state index is 0.0896. The summed E-state index contributed by atoms with van der Waals surface area (Å²) in [6, 6.07) is 13.9. The zero-order valence-corrected chi connectivity index (χ0v) is 20.7. The Hall–Kier alpha value is -3.38. The Labute approximate surface area is 206 Å². The third kappa shape index (κ3) is 4.76. The minimum Gasteiger partial charge on any atom is -0.497 e. The fourth-order valence-corrected chi connectivity index (χ4v) is 5.87. The number of pyridine rings is 1. The molecule has 3 fully saturated rings. The Kier molecular flexibility index (Phi) is 6.48. The van der Waals surface area contributed by atoms with E-state index in [1.807, 2.05) is 50.2 Å². The van der Waals surface area contributed by atoms with Gasteiger partial charge in [0, 0.05) is 29.4 Å². The van der Waals surface area contributed by atoms with Gasteiger partial charge in [0.15, 0.2) is 0 Å². The zero-order valence-electron chi connectivity index (χ0n) is 20.7. The van der Waals surface area contributed by atoms with Crippen molar-refractivity contribution in [3.8, 4) is 5.75 Å². The minimum atomic E-state index is -0.448. The summed E-state index contributed by atoms with van der Waals surface area (Å²) in [4.78, 5) is 20.3.